The van der Waals surface area contributed by atoms with Crippen molar-refractivity contribution in [2.45, 2.75) is 4.90 Å². The van der Waals surface area contributed by atoms with Gasteiger partial charge in [0, 0.05) is 13.1 Å². The zero-order valence-corrected chi connectivity index (χ0v) is 11.0. The molecule has 1 aromatic carbocycles. The monoisotopic (exact) mass is 310 g/mol. The van der Waals surface area contributed by atoms with Crippen LogP contribution in [-0.2, 0) is 10.0 Å². The first-order valence-electron chi connectivity index (χ1n) is 4.56. The summed E-state index contributed by atoms with van der Waals surface area (Å²) < 4.78 is 38.8. The van der Waals surface area contributed by atoms with Gasteiger partial charge in [0.15, 0.2) is 0 Å². The van der Waals surface area contributed by atoms with E-state index in [0.717, 1.165) is 6.07 Å². The SMILES string of the molecule is CNCCNS(=O)(=O)c1ccc(F)c(Br)c1. The molecule has 0 bridgehead atoms. The molecule has 0 heterocycles. The van der Waals surface area contributed by atoms with Crippen LogP contribution in [-0.4, -0.2) is 28.6 Å². The van der Waals surface area contributed by atoms with Gasteiger partial charge in [0.1, 0.15) is 5.82 Å². The van der Waals surface area contributed by atoms with E-state index in [1.54, 1.807) is 7.05 Å². The highest BCUT2D eigenvalue weighted by Crippen LogP contribution is 2.19. The highest BCUT2D eigenvalue weighted by Gasteiger charge is 2.14. The van der Waals surface area contributed by atoms with Crippen LogP contribution >= 0.6 is 15.9 Å². The summed E-state index contributed by atoms with van der Waals surface area (Å²) in [7, 11) is -1.83. The van der Waals surface area contributed by atoms with Crippen LogP contribution in [0.2, 0.25) is 0 Å². The molecule has 0 saturated carbocycles. The Hall–Kier alpha value is -0.500. The molecule has 0 aliphatic heterocycles. The van der Waals surface area contributed by atoms with Crippen LogP contribution in [0.15, 0.2) is 27.6 Å². The highest BCUT2D eigenvalue weighted by atomic mass is 79.9. The summed E-state index contributed by atoms with van der Waals surface area (Å²) in [6, 6.07) is 3.57. The molecule has 0 unspecified atom stereocenters. The molecule has 0 spiro atoms. The molecule has 0 radical (unpaired) electrons. The molecule has 1 aromatic rings. The lowest BCUT2D eigenvalue weighted by atomic mass is 10.3. The summed E-state index contributed by atoms with van der Waals surface area (Å²) >= 11 is 2.94. The summed E-state index contributed by atoms with van der Waals surface area (Å²) in [4.78, 5) is 0.0388. The zero-order chi connectivity index (χ0) is 12.2. The van der Waals surface area contributed by atoms with Gasteiger partial charge in [-0.2, -0.15) is 0 Å². The molecular formula is C9H12BrFN2O2S. The van der Waals surface area contributed by atoms with Gasteiger partial charge in [-0.25, -0.2) is 17.5 Å². The van der Waals surface area contributed by atoms with Crippen molar-refractivity contribution in [2.75, 3.05) is 20.1 Å². The van der Waals surface area contributed by atoms with E-state index >= 15 is 0 Å². The Morgan fingerprint density at radius 1 is 1.38 bits per heavy atom. The largest absolute Gasteiger partial charge is 0.318 e. The van der Waals surface area contributed by atoms with E-state index in [1.165, 1.54) is 12.1 Å². The average molecular weight is 311 g/mol. The molecule has 0 saturated heterocycles. The fourth-order valence-electron chi connectivity index (χ4n) is 1.04. The fourth-order valence-corrected chi connectivity index (χ4v) is 2.63. The molecule has 1 rings (SSSR count). The number of likely N-dealkylation sites (N-methyl/N-ethyl adjacent to an activating group) is 1. The second kappa shape index (κ2) is 5.72. The fraction of sp³-hybridized carbons (Fsp3) is 0.333. The van der Waals surface area contributed by atoms with Gasteiger partial charge < -0.3 is 5.32 Å². The summed E-state index contributed by atoms with van der Waals surface area (Å²) in [5.41, 5.74) is 0. The van der Waals surface area contributed by atoms with Crippen molar-refractivity contribution in [2.24, 2.45) is 0 Å². The molecule has 16 heavy (non-hydrogen) atoms. The van der Waals surface area contributed by atoms with Crippen molar-refractivity contribution in [1.82, 2.24) is 10.0 Å². The van der Waals surface area contributed by atoms with E-state index < -0.39 is 15.8 Å². The lowest BCUT2D eigenvalue weighted by Gasteiger charge is -2.06. The van der Waals surface area contributed by atoms with Gasteiger partial charge in [-0.15, -0.1) is 0 Å². The van der Waals surface area contributed by atoms with Crippen LogP contribution in [0.5, 0.6) is 0 Å². The number of nitrogens with one attached hydrogen (secondary N) is 2. The lowest BCUT2D eigenvalue weighted by molar-refractivity contribution is 0.578. The number of hydrogen-bond acceptors (Lipinski definition) is 3. The highest BCUT2D eigenvalue weighted by molar-refractivity contribution is 9.10. The van der Waals surface area contributed by atoms with Crippen molar-refractivity contribution >= 4 is 26.0 Å². The second-order valence-electron chi connectivity index (χ2n) is 3.08. The van der Waals surface area contributed by atoms with Crippen molar-refractivity contribution in [3.05, 3.63) is 28.5 Å². The molecule has 4 nitrogen and oxygen atoms in total. The van der Waals surface area contributed by atoms with Gasteiger partial charge in [0.2, 0.25) is 10.0 Å². The Bertz CT molecular complexity index is 465. The first kappa shape index (κ1) is 13.6. The molecule has 0 aliphatic carbocycles. The lowest BCUT2D eigenvalue weighted by Crippen LogP contribution is -2.30. The van der Waals surface area contributed by atoms with Crippen LogP contribution in [0.1, 0.15) is 0 Å². The Kier molecular flexibility index (Phi) is 4.85. The Morgan fingerprint density at radius 3 is 2.62 bits per heavy atom. The molecular weight excluding hydrogens is 299 g/mol. The van der Waals surface area contributed by atoms with E-state index in [4.69, 9.17) is 0 Å². The quantitative estimate of drug-likeness (QED) is 0.800. The van der Waals surface area contributed by atoms with Gasteiger partial charge >= 0.3 is 0 Å². The molecule has 7 heteroatoms. The number of rotatable bonds is 5. The second-order valence-corrected chi connectivity index (χ2v) is 5.70. The van der Waals surface area contributed by atoms with Crippen LogP contribution in [0.3, 0.4) is 0 Å². The van der Waals surface area contributed by atoms with Gasteiger partial charge in [0.25, 0.3) is 0 Å². The van der Waals surface area contributed by atoms with E-state index in [2.05, 4.69) is 26.0 Å². The normalized spacial score (nSPS) is 11.7. The van der Waals surface area contributed by atoms with Gasteiger partial charge in [0.05, 0.1) is 9.37 Å². The summed E-state index contributed by atoms with van der Waals surface area (Å²) in [6.45, 7) is 0.815. The van der Waals surface area contributed by atoms with E-state index in [1.807, 2.05) is 0 Å². The average Bonchev–Trinajstić information content (AvgIpc) is 2.22. The van der Waals surface area contributed by atoms with Gasteiger partial charge in [-0.3, -0.25) is 0 Å². The summed E-state index contributed by atoms with van der Waals surface area (Å²) in [5, 5.41) is 2.82. The summed E-state index contributed by atoms with van der Waals surface area (Å²) in [5.74, 6) is -0.492. The maximum atomic E-state index is 12.9. The third-order valence-electron chi connectivity index (χ3n) is 1.87. The molecule has 0 amide bonds. The maximum Gasteiger partial charge on any atom is 0.240 e. The van der Waals surface area contributed by atoms with E-state index in [9.17, 15) is 12.8 Å². The minimum atomic E-state index is -3.56. The molecule has 0 aromatic heterocycles. The van der Waals surface area contributed by atoms with Crippen molar-refractivity contribution in [3.63, 3.8) is 0 Å². The first-order valence-corrected chi connectivity index (χ1v) is 6.84. The predicted molar refractivity (Wildman–Crippen MR) is 63.2 cm³/mol. The topological polar surface area (TPSA) is 58.2 Å². The third kappa shape index (κ3) is 3.51. The molecule has 90 valence electrons. The van der Waals surface area contributed by atoms with Crippen LogP contribution < -0.4 is 10.0 Å². The van der Waals surface area contributed by atoms with Gasteiger partial charge in [-0.05, 0) is 41.2 Å². The Labute approximate surface area is 102 Å². The van der Waals surface area contributed by atoms with Crippen LogP contribution in [0, 0.1) is 5.82 Å². The number of hydrogen-bond donors (Lipinski definition) is 2. The standard InChI is InChI=1S/C9H12BrFN2O2S/c1-12-4-5-13-16(14,15)7-2-3-9(11)8(10)6-7/h2-3,6,12-13H,4-5H2,1H3. The number of sulfonamides is 1. The van der Waals surface area contributed by atoms with E-state index in [-0.39, 0.29) is 15.9 Å². The maximum absolute atomic E-state index is 12.9. The van der Waals surface area contributed by atoms with Crippen molar-refractivity contribution in [1.29, 1.82) is 0 Å². The molecule has 0 aliphatic rings. The smallest absolute Gasteiger partial charge is 0.240 e. The molecule has 2 N–H and O–H groups in total. The predicted octanol–water partition coefficient (Wildman–Crippen LogP) is 1.09. The van der Waals surface area contributed by atoms with Crippen molar-refractivity contribution < 1.29 is 12.8 Å². The number of benzene rings is 1. The van der Waals surface area contributed by atoms with Crippen molar-refractivity contribution in [3.8, 4) is 0 Å². The molecule has 0 fully saturated rings. The number of halogens is 2. The van der Waals surface area contributed by atoms with Crippen LogP contribution in [0.4, 0.5) is 4.39 Å². The van der Waals surface area contributed by atoms with Gasteiger partial charge in [-0.1, -0.05) is 0 Å². The van der Waals surface area contributed by atoms with E-state index in [0.29, 0.717) is 6.54 Å². The Balaban J connectivity index is 2.86. The third-order valence-corrected chi connectivity index (χ3v) is 3.93. The minimum absolute atomic E-state index is 0.0388. The molecule has 0 atom stereocenters. The Morgan fingerprint density at radius 2 is 2.06 bits per heavy atom. The first-order chi connectivity index (χ1) is 7.47. The van der Waals surface area contributed by atoms with Crippen LogP contribution in [0.25, 0.3) is 0 Å². The summed E-state index contributed by atoms with van der Waals surface area (Å²) in [6.07, 6.45) is 0. The minimum Gasteiger partial charge on any atom is -0.318 e. The zero-order valence-electron chi connectivity index (χ0n) is 8.63.